The molecule has 14 rings (SSSR count). The fourth-order valence-electron chi connectivity index (χ4n) is 5.11. The third kappa shape index (κ3) is 139. The summed E-state index contributed by atoms with van der Waals surface area (Å²) in [5.41, 5.74) is 0. The van der Waals surface area contributed by atoms with Gasteiger partial charge in [0.15, 0.2) is 0 Å². The highest BCUT2D eigenvalue weighted by atomic mass is 16.5. The summed E-state index contributed by atoms with van der Waals surface area (Å²) < 4.78 is 4.72. The fourth-order valence-corrected chi connectivity index (χ4v) is 5.11. The van der Waals surface area contributed by atoms with Gasteiger partial charge in [0.2, 0.25) is 17.7 Å². The summed E-state index contributed by atoms with van der Waals surface area (Å²) in [7, 11) is 0. The molecule has 14 aliphatic rings. The molecule has 614 valence electrons. The van der Waals surface area contributed by atoms with Gasteiger partial charge in [0.1, 0.15) is 6.61 Å². The van der Waals surface area contributed by atoms with Crippen molar-refractivity contribution in [3.05, 3.63) is 0 Å². The van der Waals surface area contributed by atoms with E-state index in [1.807, 2.05) is 69.2 Å². The number of carbonyl (C=O) groups is 6. The number of carboxylic acid groups (broad SMARTS) is 2. The quantitative estimate of drug-likeness (QED) is 0.0343. The number of aliphatic hydroxyl groups excluding tert-OH is 3. The van der Waals surface area contributed by atoms with E-state index in [0.29, 0.717) is 19.8 Å². The molecule has 6 N–H and O–H groups in total. The molecule has 0 radical (unpaired) electrons. The van der Waals surface area contributed by atoms with Crippen molar-refractivity contribution in [3.63, 3.8) is 0 Å². The molecule has 20 nitrogen and oxygen atoms in total. The maximum absolute atomic E-state index is 11.1. The van der Waals surface area contributed by atoms with E-state index in [0.717, 1.165) is 99.3 Å². The van der Waals surface area contributed by atoms with Crippen LogP contribution in [0.25, 0.3) is 0 Å². The highest BCUT2D eigenvalue weighted by molar-refractivity contribution is 5.76. The first-order valence-corrected chi connectivity index (χ1v) is 41.1. The van der Waals surface area contributed by atoms with Gasteiger partial charge in [-0.25, -0.2) is 0 Å². The monoisotopic (exact) mass is 1460 g/mol. The van der Waals surface area contributed by atoms with Gasteiger partial charge in [0, 0.05) is 127 Å². The maximum Gasteiger partial charge on any atom is 0.302 e. The summed E-state index contributed by atoms with van der Waals surface area (Å²) in [6, 6.07) is 0. The van der Waals surface area contributed by atoms with Crippen LogP contribution in [-0.2, 0) is 33.5 Å². The number of carbonyl (C=O) groups excluding carboxylic acids is 4. The predicted molar refractivity (Wildman–Crippen MR) is 431 cm³/mol. The van der Waals surface area contributed by atoms with E-state index in [2.05, 4.69) is 94.2 Å². The number of carboxylic acids is 2. The molecule has 0 aromatic carbocycles. The molecule has 4 saturated heterocycles. The van der Waals surface area contributed by atoms with Gasteiger partial charge in [0.05, 0.1) is 39.8 Å². The largest absolute Gasteiger partial charge is 0.481 e. The van der Waals surface area contributed by atoms with Crippen LogP contribution in [0, 0.1) is 59.2 Å². The van der Waals surface area contributed by atoms with Crippen LogP contribution in [0.1, 0.15) is 308 Å². The minimum absolute atomic E-state index is 0.0333. The van der Waals surface area contributed by atoms with Crippen LogP contribution in [0.15, 0.2) is 0 Å². The first kappa shape index (κ1) is 112. The van der Waals surface area contributed by atoms with Gasteiger partial charge < -0.3 is 50.3 Å². The zero-order valence-corrected chi connectivity index (χ0v) is 71.8. The van der Waals surface area contributed by atoms with Crippen molar-refractivity contribution in [3.8, 4) is 0 Å². The Hall–Kier alpha value is -3.50. The van der Waals surface area contributed by atoms with Crippen LogP contribution in [0.3, 0.4) is 0 Å². The summed E-state index contributed by atoms with van der Waals surface area (Å²) in [6.07, 6.45) is 29.7. The van der Waals surface area contributed by atoms with E-state index >= 15 is 0 Å². The summed E-state index contributed by atoms with van der Waals surface area (Å²) in [6.45, 7) is 65.3. The van der Waals surface area contributed by atoms with Gasteiger partial charge >= 0.3 is 5.97 Å². The highest BCUT2D eigenvalue weighted by Gasteiger charge is 2.26. The van der Waals surface area contributed by atoms with Gasteiger partial charge in [-0.05, 0) is 59.2 Å². The third-order valence-electron chi connectivity index (χ3n) is 15.3. The zero-order valence-electron chi connectivity index (χ0n) is 71.8. The van der Waals surface area contributed by atoms with Crippen LogP contribution in [0.5, 0.6) is 0 Å². The van der Waals surface area contributed by atoms with E-state index in [1.54, 1.807) is 4.90 Å². The highest BCUT2D eigenvalue weighted by Crippen LogP contribution is 2.30. The van der Waals surface area contributed by atoms with E-state index < -0.39 is 11.9 Å². The maximum atomic E-state index is 11.1. The molecule has 0 aromatic heterocycles. The van der Waals surface area contributed by atoms with Crippen molar-refractivity contribution >= 4 is 35.6 Å². The molecule has 10 saturated carbocycles. The van der Waals surface area contributed by atoms with Crippen molar-refractivity contribution in [2.75, 3.05) is 132 Å². The van der Waals surface area contributed by atoms with Crippen LogP contribution >= 0.6 is 0 Å². The molecule has 3 amide bonds. The molecule has 14 fully saturated rings. The van der Waals surface area contributed by atoms with Crippen LogP contribution < -0.4 is 5.32 Å². The molecule has 0 atom stereocenters. The van der Waals surface area contributed by atoms with Crippen molar-refractivity contribution < 1.29 is 59.0 Å². The number of amides is 3. The van der Waals surface area contributed by atoms with Crippen molar-refractivity contribution in [2.45, 2.75) is 308 Å². The number of nitrogens with zero attached hydrogens (tertiary/aromatic N) is 7. The average molecular weight is 1460 g/mol. The van der Waals surface area contributed by atoms with Crippen molar-refractivity contribution in [2.24, 2.45) is 59.2 Å². The second-order valence-electron chi connectivity index (χ2n) is 28.8. The summed E-state index contributed by atoms with van der Waals surface area (Å²) in [5, 5.41) is 44.0. The fraction of sp³-hybridized carbons (Fsp3) is 0.927. The Kier molecular flexibility index (Phi) is 86.1. The summed E-state index contributed by atoms with van der Waals surface area (Å²) >= 11 is 0. The smallest absolute Gasteiger partial charge is 0.302 e. The molecule has 20 heteroatoms. The van der Waals surface area contributed by atoms with Gasteiger partial charge in [-0.1, -0.05) is 267 Å². The lowest BCUT2D eigenvalue weighted by atomic mass is 10.4. The van der Waals surface area contributed by atoms with Crippen molar-refractivity contribution in [1.29, 1.82) is 0 Å². The Labute approximate surface area is 630 Å². The zero-order chi connectivity index (χ0) is 80.0. The van der Waals surface area contributed by atoms with Gasteiger partial charge in [-0.3, -0.25) is 48.4 Å². The Balaban J connectivity index is -0.000000191. The predicted octanol–water partition coefficient (Wildman–Crippen LogP) is 16.2. The number of ether oxygens (including phenoxy) is 1. The number of nitrogens with one attached hydrogen (secondary N) is 1. The second-order valence-corrected chi connectivity index (χ2v) is 28.8. The molecule has 0 unspecified atom stereocenters. The van der Waals surface area contributed by atoms with Gasteiger partial charge in [-0.2, -0.15) is 0 Å². The van der Waals surface area contributed by atoms with Crippen LogP contribution in [0.2, 0.25) is 0 Å². The number of hydrogen-bond acceptors (Lipinski definition) is 15. The minimum atomic E-state index is -0.833. The third-order valence-corrected chi connectivity index (χ3v) is 15.3. The number of esters is 1. The first-order valence-electron chi connectivity index (χ1n) is 41.1. The van der Waals surface area contributed by atoms with Crippen molar-refractivity contribution in [1.82, 2.24) is 39.6 Å². The molecular formula is C82H174N8O12. The molecule has 4 heterocycles. The van der Waals surface area contributed by atoms with E-state index in [9.17, 15) is 19.2 Å². The van der Waals surface area contributed by atoms with E-state index in [1.165, 1.54) is 212 Å². The lowest BCUT2D eigenvalue weighted by Gasteiger charge is -2.28. The van der Waals surface area contributed by atoms with Gasteiger partial charge in [0.25, 0.3) is 11.9 Å². The second kappa shape index (κ2) is 78.6. The van der Waals surface area contributed by atoms with Gasteiger partial charge in [-0.15, -0.1) is 0 Å². The Morgan fingerprint density at radius 2 is 0.529 bits per heavy atom. The van der Waals surface area contributed by atoms with E-state index in [4.69, 9.17) is 39.9 Å². The molecule has 0 aromatic rings. The Morgan fingerprint density at radius 3 is 0.676 bits per heavy atom. The minimum Gasteiger partial charge on any atom is -0.481 e. The first-order chi connectivity index (χ1) is 48.4. The van der Waals surface area contributed by atoms with Crippen LogP contribution in [-0.4, -0.2) is 227 Å². The Bertz CT molecular complexity index is 1600. The number of rotatable bonds is 17. The van der Waals surface area contributed by atoms with E-state index in [-0.39, 0.29) is 63.3 Å². The lowest BCUT2D eigenvalue weighted by molar-refractivity contribution is -0.141. The average Bonchev–Trinajstić information content (AvgIpc) is 1.76. The molecule has 10 aliphatic carbocycles. The number of aliphatic carboxylic acids is 2. The number of hydrogen-bond donors (Lipinski definition) is 6. The molecular weight excluding hydrogens is 1290 g/mol. The van der Waals surface area contributed by atoms with Crippen LogP contribution in [0.4, 0.5) is 0 Å². The summed E-state index contributed by atoms with van der Waals surface area (Å²) in [4.78, 5) is 75.0. The lowest BCUT2D eigenvalue weighted by Crippen LogP contribution is -2.44. The Morgan fingerprint density at radius 1 is 0.343 bits per heavy atom. The normalized spacial score (nSPS) is 18.2. The topological polar surface area (TPSA) is 247 Å². The molecule has 0 bridgehead atoms. The SMILES string of the molecule is C1CN1CN1CC1.CC.CC.CC.CC.CC.CC(=O)N(CCO)CN(CCO)C(C)=O.CC(=O)N(CCO)CN1CC1.CC(=O)O.CC(=O)O.CC(=O)OCCNCN1CC1.CC1CC1.CC1CC1.CC1CC1.CC1CC1.CC1CC1.CC1CC1.CC1CC1.CC1CC1.CC1CC1.CC1CC1. The molecule has 4 aliphatic heterocycles. The summed E-state index contributed by atoms with van der Waals surface area (Å²) in [5.74, 6) is 8.56. The molecule has 102 heavy (non-hydrogen) atoms. The standard InChI is InChI=1S/C9H18N2O4.2C7H14N2O2.C5H10N2.10C4H8.2C2H4O2.5C2H6/c1-8(14)10(3-5-12)7-11(4-6-13)9(2)15;1-7(10)11-5-2-8-6-9-3-4-9;1-7(11)9(4-5-10)6-8-2-3-8;1-2-6(1)5-7-3-4-7;10*1-4-2-3-4;2*1-2(3)4;5*1-2/h12-13H,3-7H2,1-2H3;8H,2-6H2,1H3;10H,2-6H2,1H3;1-5H2;10*4H,2-3H2,1H3;2*1H3,(H,3,4);5*1-2H3. The number of aliphatic hydroxyl groups is 3. The molecule has 0 spiro atoms.